The molecular weight excluding hydrogens is 272 g/mol. The lowest BCUT2D eigenvalue weighted by molar-refractivity contribution is -0.122. The molecule has 0 unspecified atom stereocenters. The van der Waals surface area contributed by atoms with Gasteiger partial charge in [0, 0.05) is 13.1 Å². The van der Waals surface area contributed by atoms with Crippen LogP contribution in [0.15, 0.2) is 54.6 Å². The lowest BCUT2D eigenvalue weighted by Crippen LogP contribution is -2.36. The normalized spacial score (nSPS) is 10.7. The van der Waals surface area contributed by atoms with Gasteiger partial charge in [0.15, 0.2) is 0 Å². The topological polar surface area (TPSA) is 32.3 Å². The summed E-state index contributed by atoms with van der Waals surface area (Å²) in [6, 6.07) is 18.9. The Morgan fingerprint density at radius 2 is 1.59 bits per heavy atom. The third-order valence-electron chi connectivity index (χ3n) is 3.66. The number of amides is 1. The first-order chi connectivity index (χ1) is 10.7. The molecule has 0 aliphatic rings. The van der Waals surface area contributed by atoms with E-state index in [0.29, 0.717) is 13.1 Å². The second kappa shape index (κ2) is 8.35. The number of likely N-dealkylation sites (N-methyl/N-ethyl adjacent to an activating group) is 2. The summed E-state index contributed by atoms with van der Waals surface area (Å²) < 4.78 is 0. The molecule has 0 saturated heterocycles. The van der Waals surface area contributed by atoms with E-state index in [4.69, 9.17) is 0 Å². The number of hydrogen-bond acceptors (Lipinski definition) is 2. The third kappa shape index (κ3) is 4.71. The van der Waals surface area contributed by atoms with E-state index < -0.39 is 0 Å². The van der Waals surface area contributed by atoms with Gasteiger partial charge in [0.05, 0.1) is 6.54 Å². The summed E-state index contributed by atoms with van der Waals surface area (Å²) in [5.74, 6) is 0.0882. The Bertz CT molecular complexity index is 578. The van der Waals surface area contributed by atoms with Crippen LogP contribution < -0.4 is 5.32 Å². The molecule has 0 bridgehead atoms. The summed E-state index contributed by atoms with van der Waals surface area (Å²) >= 11 is 0. The highest BCUT2D eigenvalue weighted by molar-refractivity contribution is 5.77. The molecule has 0 spiro atoms. The van der Waals surface area contributed by atoms with Gasteiger partial charge >= 0.3 is 0 Å². The SMILES string of the molecule is CCNC(=O)CN(CC)Cc1ccc(-c2ccccc2)cc1. The standard InChI is InChI=1S/C19H24N2O/c1-3-20-19(22)15-21(4-2)14-16-10-12-18(13-11-16)17-8-6-5-7-9-17/h5-13H,3-4,14-15H2,1-2H3,(H,20,22). The average Bonchev–Trinajstić information content (AvgIpc) is 2.56. The summed E-state index contributed by atoms with van der Waals surface area (Å²) in [7, 11) is 0. The summed E-state index contributed by atoms with van der Waals surface area (Å²) in [6.07, 6.45) is 0. The quantitative estimate of drug-likeness (QED) is 0.850. The van der Waals surface area contributed by atoms with Crippen LogP contribution in [0.25, 0.3) is 11.1 Å². The summed E-state index contributed by atoms with van der Waals surface area (Å²) in [5, 5.41) is 2.85. The van der Waals surface area contributed by atoms with Gasteiger partial charge in [-0.25, -0.2) is 0 Å². The molecular formula is C19H24N2O. The predicted molar refractivity (Wildman–Crippen MR) is 91.5 cm³/mol. The Labute approximate surface area is 133 Å². The van der Waals surface area contributed by atoms with Crippen LogP contribution in [-0.2, 0) is 11.3 Å². The Hall–Kier alpha value is -2.13. The molecule has 3 heteroatoms. The Morgan fingerprint density at radius 1 is 0.955 bits per heavy atom. The van der Waals surface area contributed by atoms with E-state index in [2.05, 4.69) is 65.7 Å². The van der Waals surface area contributed by atoms with Crippen LogP contribution in [-0.4, -0.2) is 30.4 Å². The van der Waals surface area contributed by atoms with Crippen molar-refractivity contribution in [3.8, 4) is 11.1 Å². The smallest absolute Gasteiger partial charge is 0.234 e. The van der Waals surface area contributed by atoms with E-state index in [0.717, 1.165) is 13.1 Å². The number of nitrogens with zero attached hydrogens (tertiary/aromatic N) is 1. The van der Waals surface area contributed by atoms with Crippen molar-refractivity contribution in [2.75, 3.05) is 19.6 Å². The first kappa shape index (κ1) is 16.2. The predicted octanol–water partition coefficient (Wildman–Crippen LogP) is 3.31. The second-order valence-electron chi connectivity index (χ2n) is 5.32. The minimum Gasteiger partial charge on any atom is -0.355 e. The molecule has 2 rings (SSSR count). The summed E-state index contributed by atoms with van der Waals surface area (Å²) in [5.41, 5.74) is 3.67. The summed E-state index contributed by atoms with van der Waals surface area (Å²) in [4.78, 5) is 13.8. The fourth-order valence-electron chi connectivity index (χ4n) is 2.43. The molecule has 22 heavy (non-hydrogen) atoms. The number of nitrogens with one attached hydrogen (secondary N) is 1. The lowest BCUT2D eigenvalue weighted by Gasteiger charge is -2.20. The molecule has 0 heterocycles. The van der Waals surface area contributed by atoms with Crippen LogP contribution in [0.3, 0.4) is 0 Å². The zero-order valence-corrected chi connectivity index (χ0v) is 13.4. The number of rotatable bonds is 7. The average molecular weight is 296 g/mol. The van der Waals surface area contributed by atoms with E-state index in [1.165, 1.54) is 16.7 Å². The monoisotopic (exact) mass is 296 g/mol. The number of carbonyl (C=O) groups is 1. The van der Waals surface area contributed by atoms with E-state index in [-0.39, 0.29) is 5.91 Å². The zero-order chi connectivity index (χ0) is 15.8. The summed E-state index contributed by atoms with van der Waals surface area (Å²) in [6.45, 7) is 6.81. The van der Waals surface area contributed by atoms with Crippen molar-refractivity contribution in [3.63, 3.8) is 0 Å². The Kier molecular flexibility index (Phi) is 6.16. The molecule has 1 N–H and O–H groups in total. The second-order valence-corrected chi connectivity index (χ2v) is 5.32. The maximum absolute atomic E-state index is 11.7. The van der Waals surface area contributed by atoms with Crippen LogP contribution in [0, 0.1) is 0 Å². The van der Waals surface area contributed by atoms with Crippen molar-refractivity contribution < 1.29 is 4.79 Å². The third-order valence-corrected chi connectivity index (χ3v) is 3.66. The van der Waals surface area contributed by atoms with Crippen molar-refractivity contribution in [1.82, 2.24) is 10.2 Å². The lowest BCUT2D eigenvalue weighted by atomic mass is 10.0. The van der Waals surface area contributed by atoms with E-state index >= 15 is 0 Å². The van der Waals surface area contributed by atoms with Crippen molar-refractivity contribution in [1.29, 1.82) is 0 Å². The molecule has 0 aliphatic carbocycles. The largest absolute Gasteiger partial charge is 0.355 e. The van der Waals surface area contributed by atoms with Gasteiger partial charge in [-0.2, -0.15) is 0 Å². The molecule has 0 aliphatic heterocycles. The molecule has 2 aromatic carbocycles. The maximum Gasteiger partial charge on any atom is 0.234 e. The molecule has 0 aromatic heterocycles. The van der Waals surface area contributed by atoms with E-state index in [1.807, 2.05) is 13.0 Å². The highest BCUT2D eigenvalue weighted by Crippen LogP contribution is 2.19. The molecule has 1 amide bonds. The van der Waals surface area contributed by atoms with E-state index in [9.17, 15) is 4.79 Å². The Morgan fingerprint density at radius 3 is 2.18 bits per heavy atom. The highest BCUT2D eigenvalue weighted by atomic mass is 16.2. The van der Waals surface area contributed by atoms with Crippen molar-refractivity contribution in [3.05, 3.63) is 60.2 Å². The highest BCUT2D eigenvalue weighted by Gasteiger charge is 2.09. The number of hydrogen-bond donors (Lipinski definition) is 1. The van der Waals surface area contributed by atoms with Crippen molar-refractivity contribution >= 4 is 5.91 Å². The molecule has 3 nitrogen and oxygen atoms in total. The van der Waals surface area contributed by atoms with Crippen molar-refractivity contribution in [2.45, 2.75) is 20.4 Å². The van der Waals surface area contributed by atoms with Gasteiger partial charge in [-0.1, -0.05) is 61.5 Å². The zero-order valence-electron chi connectivity index (χ0n) is 13.4. The van der Waals surface area contributed by atoms with Crippen molar-refractivity contribution in [2.24, 2.45) is 0 Å². The molecule has 116 valence electrons. The maximum atomic E-state index is 11.7. The minimum absolute atomic E-state index is 0.0882. The molecule has 0 fully saturated rings. The first-order valence-corrected chi connectivity index (χ1v) is 7.86. The van der Waals surface area contributed by atoms with E-state index in [1.54, 1.807) is 0 Å². The van der Waals surface area contributed by atoms with Gasteiger partial charge in [0.25, 0.3) is 0 Å². The molecule has 2 aromatic rings. The molecule has 0 radical (unpaired) electrons. The van der Waals surface area contributed by atoms with Crippen LogP contribution >= 0.6 is 0 Å². The van der Waals surface area contributed by atoms with Gasteiger partial charge in [0.2, 0.25) is 5.91 Å². The van der Waals surface area contributed by atoms with Gasteiger partial charge in [0.1, 0.15) is 0 Å². The first-order valence-electron chi connectivity index (χ1n) is 7.86. The number of carbonyl (C=O) groups excluding carboxylic acids is 1. The minimum atomic E-state index is 0.0882. The molecule has 0 saturated carbocycles. The van der Waals surface area contributed by atoms with Gasteiger partial charge in [-0.05, 0) is 30.2 Å². The van der Waals surface area contributed by atoms with Crippen LogP contribution in [0.1, 0.15) is 19.4 Å². The van der Waals surface area contributed by atoms with Crippen LogP contribution in [0.4, 0.5) is 0 Å². The fourth-order valence-corrected chi connectivity index (χ4v) is 2.43. The van der Waals surface area contributed by atoms with Gasteiger partial charge in [-0.15, -0.1) is 0 Å². The number of benzene rings is 2. The van der Waals surface area contributed by atoms with Crippen LogP contribution in [0.2, 0.25) is 0 Å². The van der Waals surface area contributed by atoms with Gasteiger partial charge < -0.3 is 5.32 Å². The van der Waals surface area contributed by atoms with Gasteiger partial charge in [-0.3, -0.25) is 9.69 Å². The molecule has 0 atom stereocenters. The van der Waals surface area contributed by atoms with Crippen LogP contribution in [0.5, 0.6) is 0 Å². The Balaban J connectivity index is 1.99. The fraction of sp³-hybridized carbons (Fsp3) is 0.316.